The van der Waals surface area contributed by atoms with Gasteiger partial charge in [0.25, 0.3) is 10.2 Å². The Morgan fingerprint density at radius 2 is 1.89 bits per heavy atom. The molecule has 2 aliphatic rings. The van der Waals surface area contributed by atoms with E-state index in [2.05, 4.69) is 26.3 Å². The van der Waals surface area contributed by atoms with Gasteiger partial charge in [-0.3, -0.25) is 4.40 Å². The first-order valence-electron chi connectivity index (χ1n) is 9.60. The van der Waals surface area contributed by atoms with Gasteiger partial charge in [0.1, 0.15) is 5.82 Å². The SMILES string of the molecule is CC1CCN(S(=O)(=O)N2CCCC2)CC1c1ncc2cnc3[nH]ccc3n12. The quantitative estimate of drug-likeness (QED) is 0.743. The zero-order valence-corrected chi connectivity index (χ0v) is 16.2. The molecule has 9 heteroatoms. The lowest BCUT2D eigenvalue weighted by Crippen LogP contribution is -2.48. The van der Waals surface area contributed by atoms with E-state index in [1.54, 1.807) is 8.61 Å². The molecule has 2 saturated heterocycles. The monoisotopic (exact) mass is 388 g/mol. The molecule has 0 bridgehead atoms. The summed E-state index contributed by atoms with van der Waals surface area (Å²) in [5, 5.41) is 0. The molecule has 0 aromatic carbocycles. The normalized spacial score (nSPS) is 25.7. The van der Waals surface area contributed by atoms with Crippen molar-refractivity contribution >= 4 is 26.9 Å². The summed E-state index contributed by atoms with van der Waals surface area (Å²) in [7, 11) is -3.38. The maximum atomic E-state index is 13.1. The number of hydrogen-bond donors (Lipinski definition) is 1. The fraction of sp³-hybridized carbons (Fsp3) is 0.556. The molecule has 27 heavy (non-hydrogen) atoms. The van der Waals surface area contributed by atoms with Crippen molar-refractivity contribution < 1.29 is 8.42 Å². The number of fused-ring (bicyclic) bond motifs is 3. The fourth-order valence-electron chi connectivity index (χ4n) is 4.43. The summed E-state index contributed by atoms with van der Waals surface area (Å²) in [6.07, 6.45) is 8.26. The van der Waals surface area contributed by atoms with Gasteiger partial charge in [0.2, 0.25) is 0 Å². The summed E-state index contributed by atoms with van der Waals surface area (Å²) in [5.74, 6) is 1.34. The standard InChI is InChI=1S/C18H24N6O2S/c1-13-5-9-23(27(25,26)22-7-2-3-8-22)12-15(13)18-21-11-14-10-20-17-16(24(14)18)4-6-19-17/h4,6,10-11,13,15,19H,2-3,5,7-9,12H2,1H3. The zero-order valence-electron chi connectivity index (χ0n) is 15.4. The Morgan fingerprint density at radius 1 is 1.11 bits per heavy atom. The highest BCUT2D eigenvalue weighted by Crippen LogP contribution is 2.35. The smallest absolute Gasteiger partial charge is 0.281 e. The average Bonchev–Trinajstić information content (AvgIpc) is 3.40. The van der Waals surface area contributed by atoms with Crippen molar-refractivity contribution in [2.75, 3.05) is 26.2 Å². The van der Waals surface area contributed by atoms with Crippen molar-refractivity contribution in [1.29, 1.82) is 0 Å². The molecule has 0 amide bonds. The minimum Gasteiger partial charge on any atom is -0.345 e. The van der Waals surface area contributed by atoms with Crippen molar-refractivity contribution in [2.24, 2.45) is 5.92 Å². The molecule has 2 atom stereocenters. The van der Waals surface area contributed by atoms with Crippen LogP contribution in [0.15, 0.2) is 24.7 Å². The topological polar surface area (TPSA) is 86.6 Å². The van der Waals surface area contributed by atoms with Crippen LogP contribution in [-0.2, 0) is 10.2 Å². The van der Waals surface area contributed by atoms with Crippen LogP contribution in [0.1, 0.15) is 37.9 Å². The van der Waals surface area contributed by atoms with Gasteiger partial charge in [-0.1, -0.05) is 6.92 Å². The summed E-state index contributed by atoms with van der Waals surface area (Å²) in [6, 6.07) is 1.99. The number of aromatic nitrogens is 4. The van der Waals surface area contributed by atoms with E-state index in [9.17, 15) is 8.42 Å². The molecule has 0 aliphatic carbocycles. The largest absolute Gasteiger partial charge is 0.345 e. The van der Waals surface area contributed by atoms with Crippen LogP contribution in [0.5, 0.6) is 0 Å². The van der Waals surface area contributed by atoms with Gasteiger partial charge in [-0.15, -0.1) is 0 Å². The summed E-state index contributed by atoms with van der Waals surface area (Å²) in [4.78, 5) is 12.3. The molecule has 3 aromatic heterocycles. The Hall–Kier alpha value is -1.97. The summed E-state index contributed by atoms with van der Waals surface area (Å²) < 4.78 is 31.5. The lowest BCUT2D eigenvalue weighted by atomic mass is 9.87. The molecule has 5 heterocycles. The van der Waals surface area contributed by atoms with Crippen LogP contribution in [-0.4, -0.2) is 62.6 Å². The Labute approximate surface area is 158 Å². The second kappa shape index (κ2) is 6.29. The third-order valence-corrected chi connectivity index (χ3v) is 8.06. The number of hydrogen-bond acceptors (Lipinski definition) is 4. The van der Waals surface area contributed by atoms with Crippen molar-refractivity contribution in [3.8, 4) is 0 Å². The van der Waals surface area contributed by atoms with Gasteiger partial charge in [-0.2, -0.15) is 17.0 Å². The molecule has 0 saturated carbocycles. The molecule has 2 aliphatic heterocycles. The lowest BCUT2D eigenvalue weighted by Gasteiger charge is -2.37. The number of H-pyrrole nitrogens is 1. The predicted molar refractivity (Wildman–Crippen MR) is 103 cm³/mol. The second-order valence-electron chi connectivity index (χ2n) is 7.69. The van der Waals surface area contributed by atoms with Crippen LogP contribution in [0.2, 0.25) is 0 Å². The first kappa shape index (κ1) is 17.2. The molecule has 8 nitrogen and oxygen atoms in total. The highest BCUT2D eigenvalue weighted by atomic mass is 32.2. The predicted octanol–water partition coefficient (Wildman–Crippen LogP) is 1.98. The van der Waals surface area contributed by atoms with E-state index in [1.807, 2.05) is 24.7 Å². The first-order chi connectivity index (χ1) is 13.1. The van der Waals surface area contributed by atoms with Crippen LogP contribution in [0.25, 0.3) is 16.7 Å². The van der Waals surface area contributed by atoms with E-state index in [0.717, 1.165) is 41.8 Å². The van der Waals surface area contributed by atoms with E-state index in [-0.39, 0.29) is 5.92 Å². The molecule has 3 aromatic rings. The van der Waals surface area contributed by atoms with Gasteiger partial charge in [-0.25, -0.2) is 9.97 Å². The van der Waals surface area contributed by atoms with Gasteiger partial charge >= 0.3 is 0 Å². The number of nitrogens with one attached hydrogen (secondary N) is 1. The molecule has 1 N–H and O–H groups in total. The number of piperidine rings is 1. The van der Waals surface area contributed by atoms with Crippen LogP contribution >= 0.6 is 0 Å². The van der Waals surface area contributed by atoms with Crippen molar-refractivity contribution in [1.82, 2.24) is 28.0 Å². The Bertz CT molecular complexity index is 1080. The maximum absolute atomic E-state index is 13.1. The molecule has 2 fully saturated rings. The maximum Gasteiger partial charge on any atom is 0.281 e. The Balaban J connectivity index is 1.54. The highest BCUT2D eigenvalue weighted by Gasteiger charge is 2.39. The van der Waals surface area contributed by atoms with Crippen LogP contribution in [0.3, 0.4) is 0 Å². The number of imidazole rings is 1. The average molecular weight is 388 g/mol. The third-order valence-electron chi connectivity index (χ3n) is 6.06. The molecule has 144 valence electrons. The van der Waals surface area contributed by atoms with E-state index in [1.165, 1.54) is 0 Å². The summed E-state index contributed by atoms with van der Waals surface area (Å²) >= 11 is 0. The third kappa shape index (κ3) is 2.67. The molecule has 2 unspecified atom stereocenters. The first-order valence-corrected chi connectivity index (χ1v) is 11.0. The minimum atomic E-state index is -3.38. The second-order valence-corrected chi connectivity index (χ2v) is 9.62. The van der Waals surface area contributed by atoms with Gasteiger partial charge in [0, 0.05) is 38.3 Å². The van der Waals surface area contributed by atoms with Crippen LogP contribution < -0.4 is 0 Å². The Morgan fingerprint density at radius 3 is 2.70 bits per heavy atom. The van der Waals surface area contributed by atoms with E-state index in [0.29, 0.717) is 32.1 Å². The van der Waals surface area contributed by atoms with Crippen LogP contribution in [0, 0.1) is 5.92 Å². The van der Waals surface area contributed by atoms with Gasteiger partial charge < -0.3 is 4.98 Å². The van der Waals surface area contributed by atoms with Gasteiger partial charge in [0.05, 0.1) is 23.4 Å². The van der Waals surface area contributed by atoms with E-state index >= 15 is 0 Å². The van der Waals surface area contributed by atoms with Crippen molar-refractivity contribution in [3.63, 3.8) is 0 Å². The highest BCUT2D eigenvalue weighted by molar-refractivity contribution is 7.86. The van der Waals surface area contributed by atoms with Crippen molar-refractivity contribution in [2.45, 2.75) is 32.1 Å². The van der Waals surface area contributed by atoms with Gasteiger partial charge in [0.15, 0.2) is 5.65 Å². The number of aromatic amines is 1. The molecule has 0 radical (unpaired) electrons. The van der Waals surface area contributed by atoms with Crippen LogP contribution in [0.4, 0.5) is 0 Å². The molecule has 5 rings (SSSR count). The fourth-order valence-corrected chi connectivity index (χ4v) is 6.16. The molecular formula is C18H24N6O2S. The molecule has 0 spiro atoms. The number of nitrogens with zero attached hydrogens (tertiary/aromatic N) is 5. The lowest BCUT2D eigenvalue weighted by molar-refractivity contribution is 0.233. The number of rotatable bonds is 3. The van der Waals surface area contributed by atoms with E-state index in [4.69, 9.17) is 0 Å². The van der Waals surface area contributed by atoms with Crippen molar-refractivity contribution in [3.05, 3.63) is 30.5 Å². The Kier molecular flexibility index (Phi) is 3.99. The van der Waals surface area contributed by atoms with E-state index < -0.39 is 10.2 Å². The summed E-state index contributed by atoms with van der Waals surface area (Å²) in [6.45, 7) is 4.54. The summed E-state index contributed by atoms with van der Waals surface area (Å²) in [5.41, 5.74) is 2.72. The molecular weight excluding hydrogens is 364 g/mol. The zero-order chi connectivity index (χ0) is 18.6. The minimum absolute atomic E-state index is 0.0547. The van der Waals surface area contributed by atoms with Gasteiger partial charge in [-0.05, 0) is 31.2 Å².